The fourth-order valence-corrected chi connectivity index (χ4v) is 0.970. The molecule has 0 fully saturated rings. The van der Waals surface area contributed by atoms with Gasteiger partial charge in [-0.1, -0.05) is 11.6 Å². The fourth-order valence-electron chi connectivity index (χ4n) is 0.765. The van der Waals surface area contributed by atoms with E-state index in [4.69, 9.17) is 11.6 Å². The Morgan fingerprint density at radius 3 is 2.06 bits per heavy atom. The number of pyridine rings is 1. The minimum absolute atomic E-state index is 0.201. The average molecular weight is 266 g/mol. The average Bonchev–Trinajstić information content (AvgIpc) is 2.04. The first-order valence-electron chi connectivity index (χ1n) is 3.58. The second-order valence-corrected chi connectivity index (χ2v) is 2.96. The molecule has 2 nitrogen and oxygen atoms in total. The molecule has 0 saturated heterocycles. The van der Waals surface area contributed by atoms with E-state index in [1.54, 1.807) is 0 Å². The van der Waals surface area contributed by atoms with Gasteiger partial charge in [0.1, 0.15) is 5.02 Å². The zero-order chi connectivity index (χ0) is 12.6. The topological polar surface area (TPSA) is 22.1 Å². The van der Waals surface area contributed by atoms with Gasteiger partial charge in [-0.05, 0) is 6.07 Å². The quantitative estimate of drug-likeness (QED) is 0.723. The summed E-state index contributed by atoms with van der Waals surface area (Å²) >= 11 is 5.15. The summed E-state index contributed by atoms with van der Waals surface area (Å²) in [4.78, 5) is 2.84. The lowest BCUT2D eigenvalue weighted by molar-refractivity contribution is -0.276. The molecule has 90 valence electrons. The molecule has 1 aromatic rings. The molecule has 0 bridgehead atoms. The van der Waals surface area contributed by atoms with Crippen LogP contribution in [0.25, 0.3) is 0 Å². The summed E-state index contributed by atoms with van der Waals surface area (Å²) in [5, 5.41) is -0.868. The Balaban J connectivity index is 3.01. The molecule has 16 heavy (non-hydrogen) atoms. The van der Waals surface area contributed by atoms with Gasteiger partial charge in [0, 0.05) is 6.20 Å². The second kappa shape index (κ2) is 4.00. The van der Waals surface area contributed by atoms with Crippen molar-refractivity contribution in [3.63, 3.8) is 0 Å². The number of hydrogen-bond acceptors (Lipinski definition) is 2. The summed E-state index contributed by atoms with van der Waals surface area (Å²) in [7, 11) is 0. The smallest absolute Gasteiger partial charge is 0.386 e. The molecule has 1 aromatic heterocycles. The Morgan fingerprint density at radius 2 is 1.69 bits per heavy atom. The maximum absolute atomic E-state index is 12.1. The van der Waals surface area contributed by atoms with E-state index < -0.39 is 29.0 Å². The van der Waals surface area contributed by atoms with E-state index in [-0.39, 0.29) is 6.20 Å². The molecule has 1 rings (SSSR count). The van der Waals surface area contributed by atoms with Gasteiger partial charge in [-0.25, -0.2) is 4.98 Å². The molecule has 0 unspecified atom stereocenters. The van der Waals surface area contributed by atoms with Crippen LogP contribution in [-0.2, 0) is 6.18 Å². The Kier molecular flexibility index (Phi) is 3.22. The van der Waals surface area contributed by atoms with Gasteiger partial charge in [-0.3, -0.25) is 0 Å². The van der Waals surface area contributed by atoms with Crippen LogP contribution in [-0.4, -0.2) is 11.3 Å². The standard InChI is InChI=1S/C7H2ClF6NO/c8-4-1-3(6(9,10)11)2-15-5(4)16-7(12,13)14/h1-2H. The SMILES string of the molecule is FC(F)(F)Oc1ncc(C(F)(F)F)cc1Cl. The minimum atomic E-state index is -5.06. The highest BCUT2D eigenvalue weighted by molar-refractivity contribution is 6.31. The van der Waals surface area contributed by atoms with Crippen molar-refractivity contribution in [2.45, 2.75) is 12.5 Å². The zero-order valence-corrected chi connectivity index (χ0v) is 7.91. The zero-order valence-electron chi connectivity index (χ0n) is 7.16. The van der Waals surface area contributed by atoms with Crippen molar-refractivity contribution >= 4 is 11.6 Å². The highest BCUT2D eigenvalue weighted by Crippen LogP contribution is 2.34. The van der Waals surface area contributed by atoms with Gasteiger partial charge in [-0.2, -0.15) is 13.2 Å². The molecule has 0 spiro atoms. The molecule has 0 saturated carbocycles. The number of aromatic nitrogens is 1. The lowest BCUT2D eigenvalue weighted by Gasteiger charge is -2.11. The summed E-state index contributed by atoms with van der Waals surface area (Å²) in [5.74, 6) is -1.12. The van der Waals surface area contributed by atoms with Crippen molar-refractivity contribution in [3.8, 4) is 5.88 Å². The first-order chi connectivity index (χ1) is 7.09. The first kappa shape index (κ1) is 12.9. The van der Waals surface area contributed by atoms with E-state index in [1.807, 2.05) is 0 Å². The summed E-state index contributed by atoms with van der Waals surface area (Å²) in [5.41, 5.74) is -1.26. The Morgan fingerprint density at radius 1 is 1.12 bits per heavy atom. The molecule has 0 aliphatic rings. The van der Waals surface area contributed by atoms with Gasteiger partial charge in [-0.15, -0.1) is 13.2 Å². The van der Waals surface area contributed by atoms with Crippen LogP contribution >= 0.6 is 11.6 Å². The molecule has 9 heteroatoms. The summed E-state index contributed by atoms with van der Waals surface area (Å²) in [6.45, 7) is 0. The van der Waals surface area contributed by atoms with Crippen molar-refractivity contribution < 1.29 is 31.1 Å². The van der Waals surface area contributed by atoms with Crippen LogP contribution in [0.2, 0.25) is 5.02 Å². The van der Waals surface area contributed by atoms with Crippen molar-refractivity contribution in [1.29, 1.82) is 0 Å². The van der Waals surface area contributed by atoms with E-state index in [9.17, 15) is 26.3 Å². The van der Waals surface area contributed by atoms with Gasteiger partial charge in [0.25, 0.3) is 0 Å². The summed E-state index contributed by atoms with van der Waals surface area (Å²) in [6.07, 6.45) is -9.59. The van der Waals surface area contributed by atoms with Crippen molar-refractivity contribution in [2.75, 3.05) is 0 Å². The maximum Gasteiger partial charge on any atom is 0.574 e. The predicted octanol–water partition coefficient (Wildman–Crippen LogP) is 3.65. The third-order valence-corrected chi connectivity index (χ3v) is 1.62. The largest absolute Gasteiger partial charge is 0.574 e. The van der Waals surface area contributed by atoms with Crippen molar-refractivity contribution in [1.82, 2.24) is 4.98 Å². The Labute approximate surface area is 89.8 Å². The molecule has 0 radical (unpaired) electrons. The number of nitrogens with zero attached hydrogens (tertiary/aromatic N) is 1. The van der Waals surface area contributed by atoms with E-state index in [2.05, 4.69) is 9.72 Å². The molecule has 0 aliphatic heterocycles. The van der Waals surface area contributed by atoms with Crippen LogP contribution in [0, 0.1) is 0 Å². The minimum Gasteiger partial charge on any atom is -0.386 e. The van der Waals surface area contributed by atoms with Gasteiger partial charge in [0.15, 0.2) is 0 Å². The van der Waals surface area contributed by atoms with Crippen molar-refractivity contribution in [2.24, 2.45) is 0 Å². The summed E-state index contributed by atoms with van der Waals surface area (Å²) in [6, 6.07) is 0.301. The number of halogens is 7. The van der Waals surface area contributed by atoms with E-state index in [1.165, 1.54) is 0 Å². The molecular formula is C7H2ClF6NO. The third kappa shape index (κ3) is 3.44. The molecule has 0 atom stereocenters. The lowest BCUT2D eigenvalue weighted by Crippen LogP contribution is -2.18. The molecule has 1 heterocycles. The monoisotopic (exact) mass is 265 g/mol. The summed E-state index contributed by atoms with van der Waals surface area (Å²) < 4.78 is 74.7. The van der Waals surface area contributed by atoms with Crippen LogP contribution in [0.3, 0.4) is 0 Å². The molecular weight excluding hydrogens is 264 g/mol. The van der Waals surface area contributed by atoms with Gasteiger partial charge < -0.3 is 4.74 Å². The molecule has 0 N–H and O–H groups in total. The highest BCUT2D eigenvalue weighted by atomic mass is 35.5. The Bertz CT molecular complexity index is 387. The van der Waals surface area contributed by atoms with Crippen LogP contribution in [0.1, 0.15) is 5.56 Å². The van der Waals surface area contributed by atoms with Gasteiger partial charge in [0.05, 0.1) is 5.56 Å². The van der Waals surface area contributed by atoms with Crippen LogP contribution in [0.4, 0.5) is 26.3 Å². The predicted molar refractivity (Wildman–Crippen MR) is 40.9 cm³/mol. The van der Waals surface area contributed by atoms with E-state index in [0.29, 0.717) is 6.07 Å². The number of ether oxygens (including phenoxy) is 1. The first-order valence-corrected chi connectivity index (χ1v) is 3.96. The number of alkyl halides is 6. The highest BCUT2D eigenvalue weighted by Gasteiger charge is 2.35. The third-order valence-electron chi connectivity index (χ3n) is 1.35. The number of rotatable bonds is 1. The fraction of sp³-hybridized carbons (Fsp3) is 0.286. The lowest BCUT2D eigenvalue weighted by atomic mass is 10.3. The van der Waals surface area contributed by atoms with Crippen molar-refractivity contribution in [3.05, 3.63) is 22.8 Å². The molecule has 0 amide bonds. The molecule has 0 aromatic carbocycles. The maximum atomic E-state index is 12.1. The van der Waals surface area contributed by atoms with E-state index in [0.717, 1.165) is 0 Å². The van der Waals surface area contributed by atoms with Crippen LogP contribution in [0.15, 0.2) is 12.3 Å². The number of hydrogen-bond donors (Lipinski definition) is 0. The normalized spacial score (nSPS) is 12.7. The van der Waals surface area contributed by atoms with Gasteiger partial charge >= 0.3 is 12.5 Å². The molecule has 0 aliphatic carbocycles. The van der Waals surface area contributed by atoms with Crippen LogP contribution < -0.4 is 4.74 Å². The van der Waals surface area contributed by atoms with Gasteiger partial charge in [0.2, 0.25) is 5.88 Å². The second-order valence-electron chi connectivity index (χ2n) is 2.56. The van der Waals surface area contributed by atoms with E-state index >= 15 is 0 Å². The van der Waals surface area contributed by atoms with Crippen LogP contribution in [0.5, 0.6) is 5.88 Å². The Hall–Kier alpha value is -1.18.